The van der Waals surface area contributed by atoms with Crippen molar-refractivity contribution < 1.29 is 9.53 Å². The van der Waals surface area contributed by atoms with Gasteiger partial charge in [0.25, 0.3) is 0 Å². The van der Waals surface area contributed by atoms with Crippen LogP contribution in [-0.2, 0) is 13.0 Å². The molecule has 5 heteroatoms. The highest BCUT2D eigenvalue weighted by Gasteiger charge is 2.40. The third-order valence-electron chi connectivity index (χ3n) is 6.17. The number of hydrogen-bond donors (Lipinski definition) is 2. The van der Waals surface area contributed by atoms with E-state index >= 15 is 0 Å². The van der Waals surface area contributed by atoms with Crippen molar-refractivity contribution in [1.82, 2.24) is 15.2 Å². The zero-order valence-corrected chi connectivity index (χ0v) is 15.9. The van der Waals surface area contributed by atoms with Crippen LogP contribution < -0.4 is 10.1 Å². The minimum Gasteiger partial charge on any atom is -0.487 e. The van der Waals surface area contributed by atoms with Crippen molar-refractivity contribution in [2.45, 2.75) is 37.8 Å². The number of likely N-dealkylation sites (tertiary alicyclic amines) is 1. The Labute approximate surface area is 164 Å². The van der Waals surface area contributed by atoms with Crippen molar-refractivity contribution in [2.75, 3.05) is 13.1 Å². The van der Waals surface area contributed by atoms with Crippen LogP contribution in [0.4, 0.5) is 4.79 Å². The van der Waals surface area contributed by atoms with E-state index in [4.69, 9.17) is 4.74 Å². The lowest BCUT2D eigenvalue weighted by Crippen LogP contribution is -2.53. The van der Waals surface area contributed by atoms with Crippen LogP contribution in [0.2, 0.25) is 0 Å². The monoisotopic (exact) mass is 375 g/mol. The predicted molar refractivity (Wildman–Crippen MR) is 109 cm³/mol. The van der Waals surface area contributed by atoms with Crippen LogP contribution in [0.1, 0.15) is 30.4 Å². The fourth-order valence-corrected chi connectivity index (χ4v) is 4.43. The molecule has 0 bridgehead atoms. The first-order valence-electron chi connectivity index (χ1n) is 10.1. The Balaban J connectivity index is 1.17. The largest absolute Gasteiger partial charge is 0.487 e. The SMILES string of the molecule is O=C(NCc1ccc2[nH]ccc2c1)N1CCC2(CCc3ccccc3O2)CC1. The third-order valence-corrected chi connectivity index (χ3v) is 6.17. The molecule has 144 valence electrons. The van der Waals surface area contributed by atoms with E-state index in [1.165, 1.54) is 10.9 Å². The van der Waals surface area contributed by atoms with Gasteiger partial charge in [-0.2, -0.15) is 0 Å². The summed E-state index contributed by atoms with van der Waals surface area (Å²) in [5.41, 5.74) is 3.42. The van der Waals surface area contributed by atoms with E-state index in [1.54, 1.807) is 0 Å². The number of H-pyrrole nitrogens is 1. The van der Waals surface area contributed by atoms with Crippen LogP contribution in [-0.4, -0.2) is 34.6 Å². The van der Waals surface area contributed by atoms with E-state index in [2.05, 4.69) is 46.7 Å². The molecule has 2 aliphatic rings. The second-order valence-electron chi connectivity index (χ2n) is 7.94. The lowest BCUT2D eigenvalue weighted by Gasteiger charge is -2.44. The van der Waals surface area contributed by atoms with Crippen LogP contribution in [0.15, 0.2) is 54.7 Å². The van der Waals surface area contributed by atoms with Crippen molar-refractivity contribution in [3.05, 3.63) is 65.9 Å². The fourth-order valence-electron chi connectivity index (χ4n) is 4.43. The smallest absolute Gasteiger partial charge is 0.317 e. The fraction of sp³-hybridized carbons (Fsp3) is 0.348. The van der Waals surface area contributed by atoms with Gasteiger partial charge in [-0.25, -0.2) is 4.79 Å². The van der Waals surface area contributed by atoms with E-state index in [0.717, 1.165) is 55.6 Å². The number of ether oxygens (including phenoxy) is 1. The molecule has 2 aromatic carbocycles. The number of piperidine rings is 1. The molecular weight excluding hydrogens is 350 g/mol. The Bertz CT molecular complexity index is 1000. The molecule has 5 rings (SSSR count). The number of hydrogen-bond acceptors (Lipinski definition) is 2. The van der Waals surface area contributed by atoms with E-state index in [-0.39, 0.29) is 11.6 Å². The average Bonchev–Trinajstić information content (AvgIpc) is 3.20. The topological polar surface area (TPSA) is 57.4 Å². The van der Waals surface area contributed by atoms with E-state index in [1.807, 2.05) is 23.2 Å². The van der Waals surface area contributed by atoms with E-state index < -0.39 is 0 Å². The van der Waals surface area contributed by atoms with Gasteiger partial charge in [0.1, 0.15) is 11.4 Å². The highest BCUT2D eigenvalue weighted by molar-refractivity contribution is 5.80. The summed E-state index contributed by atoms with van der Waals surface area (Å²) in [5.74, 6) is 1.02. The zero-order chi connectivity index (χ0) is 19.0. The minimum absolute atomic E-state index is 0.0141. The molecule has 2 aliphatic heterocycles. The Morgan fingerprint density at radius 2 is 1.96 bits per heavy atom. The summed E-state index contributed by atoms with van der Waals surface area (Å²) in [6, 6.07) is 16.6. The molecule has 0 radical (unpaired) electrons. The van der Waals surface area contributed by atoms with Gasteiger partial charge >= 0.3 is 6.03 Å². The summed E-state index contributed by atoms with van der Waals surface area (Å²) in [5, 5.41) is 4.24. The van der Waals surface area contributed by atoms with Gasteiger partial charge in [0.2, 0.25) is 0 Å². The maximum atomic E-state index is 12.6. The summed E-state index contributed by atoms with van der Waals surface area (Å²) in [6.45, 7) is 2.03. The van der Waals surface area contributed by atoms with Crippen LogP contribution in [0.5, 0.6) is 5.75 Å². The number of amides is 2. The van der Waals surface area contributed by atoms with Gasteiger partial charge in [0.05, 0.1) is 0 Å². The number of benzene rings is 2. The summed E-state index contributed by atoms with van der Waals surface area (Å²) < 4.78 is 6.39. The quantitative estimate of drug-likeness (QED) is 0.704. The number of carbonyl (C=O) groups is 1. The van der Waals surface area contributed by atoms with E-state index in [0.29, 0.717) is 6.54 Å². The van der Waals surface area contributed by atoms with Gasteiger partial charge in [-0.15, -0.1) is 0 Å². The van der Waals surface area contributed by atoms with Gasteiger partial charge < -0.3 is 19.9 Å². The summed E-state index contributed by atoms with van der Waals surface area (Å²) in [7, 11) is 0. The third kappa shape index (κ3) is 3.21. The molecule has 1 fully saturated rings. The number of fused-ring (bicyclic) bond motifs is 2. The van der Waals surface area contributed by atoms with Gasteiger partial charge in [-0.3, -0.25) is 0 Å². The Kier molecular flexibility index (Phi) is 4.23. The minimum atomic E-state index is -0.107. The summed E-state index contributed by atoms with van der Waals surface area (Å²) >= 11 is 0. The molecule has 28 heavy (non-hydrogen) atoms. The molecule has 2 N–H and O–H groups in total. The molecule has 3 aromatic rings. The molecular formula is C23H25N3O2. The van der Waals surface area contributed by atoms with Gasteiger partial charge in [0, 0.05) is 44.2 Å². The molecule has 3 heterocycles. The Morgan fingerprint density at radius 3 is 2.86 bits per heavy atom. The zero-order valence-electron chi connectivity index (χ0n) is 15.9. The molecule has 0 unspecified atom stereocenters. The van der Waals surface area contributed by atoms with Crippen molar-refractivity contribution in [3.8, 4) is 5.75 Å². The van der Waals surface area contributed by atoms with Crippen LogP contribution in [0.3, 0.4) is 0 Å². The molecule has 5 nitrogen and oxygen atoms in total. The highest BCUT2D eigenvalue weighted by atomic mass is 16.5. The molecule has 0 aliphatic carbocycles. The standard InChI is InChI=1S/C23H25N3O2/c27-22(25-16-17-5-6-20-19(15-17)8-12-24-20)26-13-10-23(11-14-26)9-7-18-3-1-2-4-21(18)28-23/h1-6,8,12,15,24H,7,9-11,13-14,16H2,(H,25,27). The van der Waals surface area contributed by atoms with Crippen LogP contribution in [0.25, 0.3) is 10.9 Å². The highest BCUT2D eigenvalue weighted by Crippen LogP contribution is 2.39. The Morgan fingerprint density at radius 1 is 1.11 bits per heavy atom. The molecule has 1 spiro atoms. The Hall–Kier alpha value is -2.95. The normalized spacial score (nSPS) is 17.9. The van der Waals surface area contributed by atoms with Crippen molar-refractivity contribution in [1.29, 1.82) is 0 Å². The van der Waals surface area contributed by atoms with E-state index in [9.17, 15) is 4.79 Å². The predicted octanol–water partition coefficient (Wildman–Crippen LogP) is 4.24. The maximum absolute atomic E-state index is 12.6. The van der Waals surface area contributed by atoms with Gasteiger partial charge in [-0.1, -0.05) is 24.3 Å². The number of aryl methyl sites for hydroxylation is 1. The summed E-state index contributed by atoms with van der Waals surface area (Å²) in [4.78, 5) is 17.7. The number of urea groups is 1. The van der Waals surface area contributed by atoms with Crippen LogP contribution >= 0.6 is 0 Å². The van der Waals surface area contributed by atoms with Gasteiger partial charge in [-0.05, 0) is 53.6 Å². The first kappa shape index (κ1) is 17.2. The molecule has 0 saturated carbocycles. The van der Waals surface area contributed by atoms with Crippen molar-refractivity contribution in [2.24, 2.45) is 0 Å². The number of aromatic nitrogens is 1. The number of para-hydroxylation sites is 1. The first-order valence-corrected chi connectivity index (χ1v) is 10.1. The lowest BCUT2D eigenvalue weighted by molar-refractivity contribution is -0.00553. The summed E-state index contributed by atoms with van der Waals surface area (Å²) in [6.07, 6.45) is 5.82. The number of rotatable bonds is 2. The number of nitrogens with zero attached hydrogens (tertiary/aromatic N) is 1. The van der Waals surface area contributed by atoms with Crippen LogP contribution in [0, 0.1) is 0 Å². The molecule has 0 atom stereocenters. The molecule has 1 aromatic heterocycles. The second kappa shape index (κ2) is 6.89. The first-order chi connectivity index (χ1) is 13.7. The maximum Gasteiger partial charge on any atom is 0.317 e. The van der Waals surface area contributed by atoms with Gasteiger partial charge in [0.15, 0.2) is 0 Å². The molecule has 2 amide bonds. The van der Waals surface area contributed by atoms with Crippen molar-refractivity contribution in [3.63, 3.8) is 0 Å². The number of carbonyl (C=O) groups excluding carboxylic acids is 1. The number of aromatic amines is 1. The average molecular weight is 375 g/mol. The number of nitrogens with one attached hydrogen (secondary N) is 2. The van der Waals surface area contributed by atoms with Crippen molar-refractivity contribution >= 4 is 16.9 Å². The molecule has 1 saturated heterocycles. The second-order valence-corrected chi connectivity index (χ2v) is 7.94. The lowest BCUT2D eigenvalue weighted by atomic mass is 9.83.